The largest absolute Gasteiger partial charge is 0.460 e. The van der Waals surface area contributed by atoms with Gasteiger partial charge in [0.1, 0.15) is 11.5 Å². The van der Waals surface area contributed by atoms with Crippen LogP contribution in [0.5, 0.6) is 0 Å². The Morgan fingerprint density at radius 1 is 0.962 bits per heavy atom. The number of rotatable bonds is 6. The Labute approximate surface area is 156 Å². The molecular formula is C22H30N2O2. The number of aryl methyl sites for hydroxylation is 1. The molecule has 140 valence electrons. The maximum Gasteiger partial charge on any atom is 0.134 e. The van der Waals surface area contributed by atoms with E-state index in [-0.39, 0.29) is 0 Å². The third kappa shape index (κ3) is 4.03. The standard InChI is InChI=1S/C22H30N2O2/c1-17-4-6-18(7-5-17)22-9-8-21(26-22)15-24-13-19(20(14-24)16-25)12-23-10-2-3-11-23/h4-9,19-20,25H,2-3,10-16H2,1H3/t19-,20-/m1/s1. The van der Waals surface area contributed by atoms with E-state index in [2.05, 4.69) is 53.1 Å². The molecule has 0 aliphatic carbocycles. The van der Waals surface area contributed by atoms with E-state index >= 15 is 0 Å². The zero-order valence-corrected chi connectivity index (χ0v) is 15.7. The van der Waals surface area contributed by atoms with Crippen LogP contribution in [-0.2, 0) is 6.54 Å². The van der Waals surface area contributed by atoms with E-state index in [9.17, 15) is 5.11 Å². The SMILES string of the molecule is Cc1ccc(-c2ccc(CN3C[C@@H](CN4CCCC4)[C@@H](CO)C3)o2)cc1. The highest BCUT2D eigenvalue weighted by Gasteiger charge is 2.34. The molecule has 2 atom stereocenters. The summed E-state index contributed by atoms with van der Waals surface area (Å²) in [5.74, 6) is 2.91. The number of likely N-dealkylation sites (tertiary alicyclic amines) is 2. The van der Waals surface area contributed by atoms with Crippen molar-refractivity contribution in [2.75, 3.05) is 39.3 Å². The minimum atomic E-state index is 0.293. The molecule has 4 rings (SSSR count). The van der Waals surface area contributed by atoms with Crippen molar-refractivity contribution in [3.63, 3.8) is 0 Å². The van der Waals surface area contributed by atoms with Crippen LogP contribution in [-0.4, -0.2) is 54.2 Å². The number of furan rings is 1. The first kappa shape index (κ1) is 17.8. The fourth-order valence-electron chi connectivity index (χ4n) is 4.43. The second-order valence-corrected chi connectivity index (χ2v) is 8.04. The Bertz CT molecular complexity index is 703. The first-order valence-electron chi connectivity index (χ1n) is 9.92. The topological polar surface area (TPSA) is 39.9 Å². The smallest absolute Gasteiger partial charge is 0.134 e. The molecule has 1 aromatic heterocycles. The molecule has 2 aromatic rings. The van der Waals surface area contributed by atoms with Crippen LogP contribution in [0.1, 0.15) is 24.2 Å². The maximum absolute atomic E-state index is 9.80. The molecule has 4 heteroatoms. The number of aliphatic hydroxyl groups excluding tert-OH is 1. The van der Waals surface area contributed by atoms with Gasteiger partial charge in [0.05, 0.1) is 6.54 Å². The summed E-state index contributed by atoms with van der Waals surface area (Å²) < 4.78 is 6.09. The van der Waals surface area contributed by atoms with Crippen LogP contribution >= 0.6 is 0 Å². The van der Waals surface area contributed by atoms with Gasteiger partial charge >= 0.3 is 0 Å². The van der Waals surface area contributed by atoms with Crippen molar-refractivity contribution in [3.8, 4) is 11.3 Å². The second-order valence-electron chi connectivity index (χ2n) is 8.04. The molecule has 1 N–H and O–H groups in total. The highest BCUT2D eigenvalue weighted by molar-refractivity contribution is 5.57. The molecule has 0 unspecified atom stereocenters. The van der Waals surface area contributed by atoms with Crippen LogP contribution in [0.15, 0.2) is 40.8 Å². The van der Waals surface area contributed by atoms with Crippen LogP contribution < -0.4 is 0 Å². The number of hydrogen-bond acceptors (Lipinski definition) is 4. The quantitative estimate of drug-likeness (QED) is 0.863. The van der Waals surface area contributed by atoms with E-state index in [1.807, 2.05) is 0 Å². The Morgan fingerprint density at radius 2 is 1.69 bits per heavy atom. The molecule has 0 radical (unpaired) electrons. The maximum atomic E-state index is 9.80. The fourth-order valence-corrected chi connectivity index (χ4v) is 4.43. The average molecular weight is 354 g/mol. The fraction of sp³-hybridized carbons (Fsp3) is 0.545. The lowest BCUT2D eigenvalue weighted by Gasteiger charge is -2.23. The van der Waals surface area contributed by atoms with Gasteiger partial charge in [-0.3, -0.25) is 4.90 Å². The van der Waals surface area contributed by atoms with Gasteiger partial charge in [-0.2, -0.15) is 0 Å². The summed E-state index contributed by atoms with van der Waals surface area (Å²) in [5, 5.41) is 9.80. The highest BCUT2D eigenvalue weighted by Crippen LogP contribution is 2.28. The van der Waals surface area contributed by atoms with Gasteiger partial charge in [-0.05, 0) is 56.8 Å². The van der Waals surface area contributed by atoms with Crippen molar-refractivity contribution < 1.29 is 9.52 Å². The molecule has 3 heterocycles. The first-order chi connectivity index (χ1) is 12.7. The van der Waals surface area contributed by atoms with Gasteiger partial charge < -0.3 is 14.4 Å². The van der Waals surface area contributed by atoms with E-state index in [1.165, 1.54) is 31.5 Å². The van der Waals surface area contributed by atoms with Crippen LogP contribution in [0.3, 0.4) is 0 Å². The zero-order chi connectivity index (χ0) is 17.9. The van der Waals surface area contributed by atoms with Crippen LogP contribution in [0, 0.1) is 18.8 Å². The van der Waals surface area contributed by atoms with Crippen LogP contribution in [0.25, 0.3) is 11.3 Å². The molecular weight excluding hydrogens is 324 g/mol. The molecule has 2 aliphatic rings. The summed E-state index contributed by atoms with van der Waals surface area (Å²) in [4.78, 5) is 5.01. The first-order valence-corrected chi connectivity index (χ1v) is 9.92. The molecule has 2 aliphatic heterocycles. The van der Waals surface area contributed by atoms with Gasteiger partial charge in [0.25, 0.3) is 0 Å². The minimum absolute atomic E-state index is 0.293. The van der Waals surface area contributed by atoms with Gasteiger partial charge in [0.2, 0.25) is 0 Å². The van der Waals surface area contributed by atoms with Crippen molar-refractivity contribution >= 4 is 0 Å². The van der Waals surface area contributed by atoms with Gasteiger partial charge in [-0.15, -0.1) is 0 Å². The van der Waals surface area contributed by atoms with Gasteiger partial charge in [0, 0.05) is 31.8 Å². The molecule has 0 amide bonds. The highest BCUT2D eigenvalue weighted by atomic mass is 16.3. The molecule has 4 nitrogen and oxygen atoms in total. The summed E-state index contributed by atoms with van der Waals surface area (Å²) in [6.45, 7) is 8.84. The second kappa shape index (κ2) is 7.95. The van der Waals surface area contributed by atoms with Crippen molar-refractivity contribution in [1.29, 1.82) is 0 Å². The molecule has 26 heavy (non-hydrogen) atoms. The Hall–Kier alpha value is -1.62. The predicted molar refractivity (Wildman–Crippen MR) is 104 cm³/mol. The summed E-state index contributed by atoms with van der Waals surface area (Å²) in [7, 11) is 0. The van der Waals surface area contributed by atoms with E-state index < -0.39 is 0 Å². The van der Waals surface area contributed by atoms with Gasteiger partial charge in [-0.25, -0.2) is 0 Å². The van der Waals surface area contributed by atoms with E-state index in [4.69, 9.17) is 4.42 Å². The number of aliphatic hydroxyl groups is 1. The average Bonchev–Trinajstić information content (AvgIpc) is 3.38. The number of benzene rings is 1. The third-order valence-electron chi connectivity index (χ3n) is 5.96. The number of nitrogens with zero attached hydrogens (tertiary/aromatic N) is 2. The lowest BCUT2D eigenvalue weighted by Crippen LogP contribution is -2.31. The van der Waals surface area contributed by atoms with Crippen molar-refractivity contribution in [1.82, 2.24) is 9.80 Å². The van der Waals surface area contributed by atoms with E-state index in [0.29, 0.717) is 18.4 Å². The van der Waals surface area contributed by atoms with Crippen molar-refractivity contribution in [2.45, 2.75) is 26.3 Å². The molecule has 0 bridgehead atoms. The third-order valence-corrected chi connectivity index (χ3v) is 5.96. The zero-order valence-electron chi connectivity index (χ0n) is 15.7. The Morgan fingerprint density at radius 3 is 2.42 bits per heavy atom. The monoisotopic (exact) mass is 354 g/mol. The van der Waals surface area contributed by atoms with Crippen LogP contribution in [0.4, 0.5) is 0 Å². The molecule has 2 fully saturated rings. The number of hydrogen-bond donors (Lipinski definition) is 1. The minimum Gasteiger partial charge on any atom is -0.460 e. The summed E-state index contributed by atoms with van der Waals surface area (Å²) in [5.41, 5.74) is 2.39. The van der Waals surface area contributed by atoms with Crippen LogP contribution in [0.2, 0.25) is 0 Å². The molecule has 0 saturated carbocycles. The van der Waals surface area contributed by atoms with Crippen molar-refractivity contribution in [3.05, 3.63) is 47.7 Å². The van der Waals surface area contributed by atoms with Gasteiger partial charge in [0.15, 0.2) is 0 Å². The predicted octanol–water partition coefficient (Wildman–Crippen LogP) is 3.39. The normalized spacial score (nSPS) is 24.5. The lowest BCUT2D eigenvalue weighted by molar-refractivity contribution is 0.175. The molecule has 0 spiro atoms. The lowest BCUT2D eigenvalue weighted by atomic mass is 9.96. The molecule has 2 saturated heterocycles. The van der Waals surface area contributed by atoms with E-state index in [1.54, 1.807) is 0 Å². The Kier molecular flexibility index (Phi) is 5.44. The summed E-state index contributed by atoms with van der Waals surface area (Å²) >= 11 is 0. The van der Waals surface area contributed by atoms with E-state index in [0.717, 1.165) is 43.3 Å². The van der Waals surface area contributed by atoms with Crippen molar-refractivity contribution in [2.24, 2.45) is 11.8 Å². The summed E-state index contributed by atoms with van der Waals surface area (Å²) in [6, 6.07) is 12.6. The molecule has 1 aromatic carbocycles. The Balaban J connectivity index is 1.37. The summed E-state index contributed by atoms with van der Waals surface area (Å²) in [6.07, 6.45) is 2.66. The van der Waals surface area contributed by atoms with Gasteiger partial charge in [-0.1, -0.05) is 29.8 Å².